The maximum absolute atomic E-state index is 12.0. The van der Waals surface area contributed by atoms with E-state index >= 15 is 0 Å². The lowest BCUT2D eigenvalue weighted by Crippen LogP contribution is -2.27. The first kappa shape index (κ1) is 16.0. The van der Waals surface area contributed by atoms with Gasteiger partial charge in [-0.05, 0) is 25.8 Å². The van der Waals surface area contributed by atoms with Crippen LogP contribution in [0.15, 0.2) is 6.07 Å². The number of aromatic nitrogens is 2. The zero-order valence-electron chi connectivity index (χ0n) is 11.6. The molecular formula is C13H22ClN3O2. The van der Waals surface area contributed by atoms with Crippen molar-refractivity contribution in [3.05, 3.63) is 17.5 Å². The van der Waals surface area contributed by atoms with Crippen molar-refractivity contribution in [3.8, 4) is 0 Å². The van der Waals surface area contributed by atoms with Crippen LogP contribution in [0.5, 0.6) is 0 Å². The van der Waals surface area contributed by atoms with Crippen LogP contribution in [0.2, 0.25) is 0 Å². The summed E-state index contributed by atoms with van der Waals surface area (Å²) in [5.74, 6) is 0.424. The Morgan fingerprint density at radius 1 is 1.47 bits per heavy atom. The third-order valence-electron chi connectivity index (χ3n) is 2.70. The minimum Gasteiger partial charge on any atom is -0.380 e. The van der Waals surface area contributed by atoms with Crippen LogP contribution in [0, 0.1) is 0 Å². The van der Waals surface area contributed by atoms with Crippen molar-refractivity contribution in [3.63, 3.8) is 0 Å². The van der Waals surface area contributed by atoms with Gasteiger partial charge in [-0.3, -0.25) is 9.48 Å². The van der Waals surface area contributed by atoms with Gasteiger partial charge in [0.15, 0.2) is 0 Å². The number of hydrogen-bond donors (Lipinski definition) is 1. The highest BCUT2D eigenvalue weighted by Gasteiger charge is 2.13. The zero-order chi connectivity index (χ0) is 14.1. The van der Waals surface area contributed by atoms with Crippen LogP contribution in [0.25, 0.3) is 0 Å². The lowest BCUT2D eigenvalue weighted by Gasteiger charge is -2.06. The largest absolute Gasteiger partial charge is 0.380 e. The second-order valence-corrected chi connectivity index (χ2v) is 4.48. The van der Waals surface area contributed by atoms with Crippen molar-refractivity contribution in [2.75, 3.05) is 25.6 Å². The molecule has 1 N–H and O–H groups in total. The van der Waals surface area contributed by atoms with Crippen molar-refractivity contribution in [1.82, 2.24) is 15.1 Å². The fourth-order valence-electron chi connectivity index (χ4n) is 1.69. The maximum Gasteiger partial charge on any atom is 0.269 e. The van der Waals surface area contributed by atoms with E-state index in [4.69, 9.17) is 16.3 Å². The van der Waals surface area contributed by atoms with Crippen LogP contribution in [0.1, 0.15) is 36.5 Å². The lowest BCUT2D eigenvalue weighted by atomic mass is 10.3. The molecule has 0 radical (unpaired) electrons. The molecule has 0 atom stereocenters. The van der Waals surface area contributed by atoms with Gasteiger partial charge in [0.25, 0.3) is 5.91 Å². The topological polar surface area (TPSA) is 56.1 Å². The van der Waals surface area contributed by atoms with Gasteiger partial charge >= 0.3 is 0 Å². The van der Waals surface area contributed by atoms with Crippen LogP contribution in [0.3, 0.4) is 0 Å². The van der Waals surface area contributed by atoms with Crippen molar-refractivity contribution >= 4 is 17.5 Å². The summed E-state index contributed by atoms with van der Waals surface area (Å²) >= 11 is 5.49. The molecule has 0 fully saturated rings. The first-order chi connectivity index (χ1) is 9.22. The summed E-state index contributed by atoms with van der Waals surface area (Å²) in [5.41, 5.74) is 1.57. The minimum atomic E-state index is -0.0774. The Morgan fingerprint density at radius 3 is 2.89 bits per heavy atom. The zero-order valence-corrected chi connectivity index (χ0v) is 12.4. The summed E-state index contributed by atoms with van der Waals surface area (Å²) in [6.07, 6.45) is 1.61. The van der Waals surface area contributed by atoms with Gasteiger partial charge in [0.2, 0.25) is 0 Å². The molecule has 1 aromatic rings. The van der Waals surface area contributed by atoms with Crippen molar-refractivity contribution < 1.29 is 9.53 Å². The Labute approximate surface area is 119 Å². The van der Waals surface area contributed by atoms with E-state index < -0.39 is 0 Å². The first-order valence-electron chi connectivity index (χ1n) is 6.71. The van der Waals surface area contributed by atoms with Gasteiger partial charge in [-0.2, -0.15) is 5.10 Å². The first-order valence-corrected chi connectivity index (χ1v) is 7.25. The average molecular weight is 288 g/mol. The van der Waals surface area contributed by atoms with Gasteiger partial charge in [-0.25, -0.2) is 0 Å². The monoisotopic (exact) mass is 287 g/mol. The Morgan fingerprint density at radius 2 is 2.26 bits per heavy atom. The highest BCUT2D eigenvalue weighted by molar-refractivity contribution is 6.17. The van der Waals surface area contributed by atoms with Crippen LogP contribution in [-0.4, -0.2) is 41.3 Å². The van der Waals surface area contributed by atoms with Gasteiger partial charge in [0, 0.05) is 25.6 Å². The van der Waals surface area contributed by atoms with E-state index in [-0.39, 0.29) is 5.91 Å². The summed E-state index contributed by atoms with van der Waals surface area (Å²) in [6.45, 7) is 6.46. The van der Waals surface area contributed by atoms with E-state index in [1.165, 1.54) is 0 Å². The highest BCUT2D eigenvalue weighted by atomic mass is 35.5. The summed E-state index contributed by atoms with van der Waals surface area (Å²) in [7, 11) is 0. The van der Waals surface area contributed by atoms with Crippen LogP contribution in [-0.2, 0) is 17.7 Å². The fourth-order valence-corrected chi connectivity index (χ4v) is 1.80. The van der Waals surface area contributed by atoms with E-state index in [1.807, 2.05) is 19.9 Å². The molecule has 1 heterocycles. The number of rotatable bonds is 9. The Kier molecular flexibility index (Phi) is 7.52. The Bertz CT molecular complexity index is 393. The normalized spacial score (nSPS) is 10.7. The molecule has 1 rings (SSSR count). The molecule has 1 amide bonds. The molecule has 5 nitrogen and oxygen atoms in total. The number of nitrogens with one attached hydrogen (secondary N) is 1. The highest BCUT2D eigenvalue weighted by Crippen LogP contribution is 2.05. The molecule has 0 aromatic carbocycles. The third kappa shape index (κ3) is 5.20. The lowest BCUT2D eigenvalue weighted by molar-refractivity contribution is 0.0934. The molecule has 6 heteroatoms. The Hall–Kier alpha value is -1.07. The second kappa shape index (κ2) is 8.93. The molecular weight excluding hydrogens is 266 g/mol. The number of carbonyl (C=O) groups excluding carboxylic acids is 1. The molecule has 0 aliphatic rings. The summed E-state index contributed by atoms with van der Waals surface area (Å²) < 4.78 is 6.97. The van der Waals surface area contributed by atoms with Crippen molar-refractivity contribution in [1.29, 1.82) is 0 Å². The van der Waals surface area contributed by atoms with Gasteiger partial charge < -0.3 is 10.1 Å². The van der Waals surface area contributed by atoms with Gasteiger partial charge in [0.05, 0.1) is 12.3 Å². The van der Waals surface area contributed by atoms with E-state index in [0.717, 1.165) is 18.5 Å². The summed E-state index contributed by atoms with van der Waals surface area (Å²) in [4.78, 5) is 12.0. The van der Waals surface area contributed by atoms with Crippen LogP contribution < -0.4 is 5.32 Å². The number of halogens is 1. The summed E-state index contributed by atoms with van der Waals surface area (Å²) in [5, 5.41) is 7.23. The molecule has 0 saturated carbocycles. The molecule has 0 spiro atoms. The van der Waals surface area contributed by atoms with Crippen LogP contribution in [0.4, 0.5) is 0 Å². The number of amides is 1. The number of nitrogens with zero attached hydrogens (tertiary/aromatic N) is 2. The molecule has 0 saturated heterocycles. The van der Waals surface area contributed by atoms with E-state index in [9.17, 15) is 4.79 Å². The number of ether oxygens (including phenoxy) is 1. The SMILES string of the molecule is CCc1cc(C(=O)NCCCOCCCl)n(CC)n1. The molecule has 0 bridgehead atoms. The molecule has 1 aromatic heterocycles. The van der Waals surface area contributed by atoms with Gasteiger partial charge in [0.1, 0.15) is 5.69 Å². The Balaban J connectivity index is 2.38. The number of hydrogen-bond acceptors (Lipinski definition) is 3. The molecule has 108 valence electrons. The predicted molar refractivity (Wildman–Crippen MR) is 75.8 cm³/mol. The minimum absolute atomic E-state index is 0.0774. The quantitative estimate of drug-likeness (QED) is 0.557. The van der Waals surface area contributed by atoms with Crippen molar-refractivity contribution in [2.45, 2.75) is 33.2 Å². The number of carbonyl (C=O) groups is 1. The maximum atomic E-state index is 12.0. The van der Waals surface area contributed by atoms with E-state index in [0.29, 0.717) is 37.9 Å². The van der Waals surface area contributed by atoms with Crippen molar-refractivity contribution in [2.24, 2.45) is 0 Å². The van der Waals surface area contributed by atoms with E-state index in [1.54, 1.807) is 4.68 Å². The molecule has 0 unspecified atom stereocenters. The average Bonchev–Trinajstić information content (AvgIpc) is 2.86. The predicted octanol–water partition coefficient (Wildman–Crippen LogP) is 1.84. The number of alkyl halides is 1. The summed E-state index contributed by atoms with van der Waals surface area (Å²) in [6, 6.07) is 1.85. The molecule has 0 aliphatic heterocycles. The smallest absolute Gasteiger partial charge is 0.269 e. The molecule has 19 heavy (non-hydrogen) atoms. The third-order valence-corrected chi connectivity index (χ3v) is 2.85. The van der Waals surface area contributed by atoms with E-state index in [2.05, 4.69) is 10.4 Å². The fraction of sp³-hybridized carbons (Fsp3) is 0.692. The van der Waals surface area contributed by atoms with Gasteiger partial charge in [-0.1, -0.05) is 6.92 Å². The standard InChI is InChI=1S/C13H22ClN3O2/c1-3-11-10-12(17(4-2)16-11)13(18)15-7-5-8-19-9-6-14/h10H,3-9H2,1-2H3,(H,15,18). The molecule has 0 aliphatic carbocycles. The number of aryl methyl sites for hydroxylation is 2. The van der Waals surface area contributed by atoms with Crippen LogP contribution >= 0.6 is 11.6 Å². The van der Waals surface area contributed by atoms with Gasteiger partial charge in [-0.15, -0.1) is 11.6 Å². The second-order valence-electron chi connectivity index (χ2n) is 4.10.